The largest absolute Gasteiger partial charge is 0.294 e. The minimum atomic E-state index is 0.0139. The summed E-state index contributed by atoms with van der Waals surface area (Å²) < 4.78 is 1.10. The van der Waals surface area contributed by atoms with Gasteiger partial charge >= 0.3 is 0 Å². The molecule has 0 atom stereocenters. The molecule has 4 aliphatic rings. The van der Waals surface area contributed by atoms with Crippen LogP contribution in [0.4, 0.5) is 0 Å². The topological polar surface area (TPSA) is 17.1 Å². The Hall–Kier alpha value is -0.150. The molecule has 5 rings (SSSR count). The Labute approximate surface area is 126 Å². The van der Waals surface area contributed by atoms with Crippen LogP contribution in [0.1, 0.15) is 53.8 Å². The highest BCUT2D eigenvalue weighted by atomic mass is 79.9. The van der Waals surface area contributed by atoms with E-state index in [-0.39, 0.29) is 5.41 Å². The summed E-state index contributed by atoms with van der Waals surface area (Å²) in [4.78, 5) is 14.3. The van der Waals surface area contributed by atoms with E-state index >= 15 is 0 Å². The quantitative estimate of drug-likeness (QED) is 0.675. The number of hydrogen-bond acceptors (Lipinski definition) is 2. The Morgan fingerprint density at radius 3 is 2.16 bits per heavy atom. The molecule has 4 aliphatic carbocycles. The zero-order valence-corrected chi connectivity index (χ0v) is 13.6. The van der Waals surface area contributed by atoms with Crippen molar-refractivity contribution >= 4 is 33.0 Å². The summed E-state index contributed by atoms with van der Waals surface area (Å²) in [5.74, 6) is 3.00. The highest BCUT2D eigenvalue weighted by molar-refractivity contribution is 9.11. The summed E-state index contributed by atoms with van der Waals surface area (Å²) >= 11 is 5.23. The molecular formula is C16H19BrOS. The Balaban J connectivity index is 1.72. The predicted octanol–water partition coefficient (Wildman–Crippen LogP) is 5.22. The fourth-order valence-corrected chi connectivity index (χ4v) is 7.03. The number of rotatable bonds is 2. The monoisotopic (exact) mass is 338 g/mol. The van der Waals surface area contributed by atoms with E-state index in [2.05, 4.69) is 28.9 Å². The number of carbonyl (C=O) groups is 1. The lowest BCUT2D eigenvalue weighted by Crippen LogP contribution is -2.50. The van der Waals surface area contributed by atoms with Gasteiger partial charge in [-0.3, -0.25) is 4.79 Å². The molecule has 1 nitrogen and oxygen atoms in total. The second-order valence-electron chi connectivity index (χ2n) is 7.05. The third-order valence-corrected chi connectivity index (χ3v) is 7.21. The fraction of sp³-hybridized carbons (Fsp3) is 0.688. The van der Waals surface area contributed by atoms with Gasteiger partial charge in [0.05, 0.1) is 3.79 Å². The van der Waals surface area contributed by atoms with E-state index in [0.29, 0.717) is 5.78 Å². The van der Waals surface area contributed by atoms with Crippen molar-refractivity contribution in [3.8, 4) is 0 Å². The van der Waals surface area contributed by atoms with Gasteiger partial charge in [0.15, 0.2) is 5.78 Å². The molecule has 3 heteroatoms. The molecule has 1 heterocycles. The van der Waals surface area contributed by atoms with Crippen molar-refractivity contribution in [3.05, 3.63) is 20.3 Å². The Morgan fingerprint density at radius 2 is 1.74 bits per heavy atom. The standard InChI is InChI=1S/C16H19BrOS/c1-9-13(5-14(17)19-9)15(18)16-6-10-2-11(7-16)4-12(3-10)8-16/h5,10-12H,2-4,6-8H2,1H3. The summed E-state index contributed by atoms with van der Waals surface area (Å²) in [7, 11) is 0. The summed E-state index contributed by atoms with van der Waals surface area (Å²) in [5.41, 5.74) is 1.01. The van der Waals surface area contributed by atoms with Crippen LogP contribution in [-0.2, 0) is 0 Å². The molecule has 0 radical (unpaired) electrons. The van der Waals surface area contributed by atoms with E-state index in [1.807, 2.05) is 0 Å². The fourth-order valence-electron chi connectivity index (χ4n) is 5.35. The molecule has 0 amide bonds. The molecular weight excluding hydrogens is 320 g/mol. The molecule has 4 bridgehead atoms. The van der Waals surface area contributed by atoms with Crippen LogP contribution in [0.3, 0.4) is 0 Å². The number of hydrogen-bond donors (Lipinski definition) is 0. The predicted molar refractivity (Wildman–Crippen MR) is 81.7 cm³/mol. The molecule has 1 aromatic rings. The Kier molecular flexibility index (Phi) is 2.76. The maximum atomic E-state index is 13.1. The molecule has 0 unspecified atom stereocenters. The molecule has 0 saturated heterocycles. The van der Waals surface area contributed by atoms with E-state index in [1.165, 1.54) is 43.4 Å². The first-order chi connectivity index (χ1) is 9.06. The van der Waals surface area contributed by atoms with Gasteiger partial charge in [0, 0.05) is 15.9 Å². The molecule has 0 aromatic carbocycles. The van der Waals surface area contributed by atoms with E-state index in [0.717, 1.165) is 27.1 Å². The molecule has 4 saturated carbocycles. The van der Waals surface area contributed by atoms with Gasteiger partial charge in [-0.2, -0.15) is 0 Å². The van der Waals surface area contributed by atoms with Gasteiger partial charge in [0.25, 0.3) is 0 Å². The second kappa shape index (κ2) is 4.17. The minimum Gasteiger partial charge on any atom is -0.294 e. The molecule has 19 heavy (non-hydrogen) atoms. The number of carbonyl (C=O) groups excluding carboxylic acids is 1. The number of Topliss-reactive ketones (excluding diaryl/α,β-unsaturated/α-hetero) is 1. The number of thiophene rings is 1. The van der Waals surface area contributed by atoms with Crippen LogP contribution in [0.5, 0.6) is 0 Å². The Bertz CT molecular complexity index is 510. The van der Waals surface area contributed by atoms with Crippen molar-refractivity contribution in [1.29, 1.82) is 0 Å². The normalized spacial score (nSPS) is 39.8. The van der Waals surface area contributed by atoms with Crippen molar-refractivity contribution in [2.45, 2.75) is 45.4 Å². The average molecular weight is 339 g/mol. The summed E-state index contributed by atoms with van der Waals surface area (Å²) in [6, 6.07) is 2.06. The SMILES string of the molecule is Cc1sc(Br)cc1C(=O)C12CC3CC(CC(C3)C1)C2. The summed E-state index contributed by atoms with van der Waals surface area (Å²) in [6.45, 7) is 2.09. The third-order valence-electron chi connectivity index (χ3n) is 5.65. The smallest absolute Gasteiger partial charge is 0.170 e. The average Bonchev–Trinajstić information content (AvgIpc) is 2.65. The molecule has 4 fully saturated rings. The minimum absolute atomic E-state index is 0.0139. The van der Waals surface area contributed by atoms with E-state index in [4.69, 9.17) is 0 Å². The zero-order valence-electron chi connectivity index (χ0n) is 11.2. The molecule has 0 aliphatic heterocycles. The van der Waals surface area contributed by atoms with Gasteiger partial charge in [-0.15, -0.1) is 11.3 Å². The van der Waals surface area contributed by atoms with Crippen molar-refractivity contribution in [2.24, 2.45) is 23.2 Å². The van der Waals surface area contributed by atoms with Crippen LogP contribution < -0.4 is 0 Å². The summed E-state index contributed by atoms with van der Waals surface area (Å²) in [5, 5.41) is 0. The van der Waals surface area contributed by atoms with Gasteiger partial charge in [-0.25, -0.2) is 0 Å². The van der Waals surface area contributed by atoms with Crippen LogP contribution in [-0.4, -0.2) is 5.78 Å². The van der Waals surface area contributed by atoms with Crippen LogP contribution in [0.25, 0.3) is 0 Å². The first kappa shape index (κ1) is 12.6. The van der Waals surface area contributed by atoms with Gasteiger partial charge in [-0.05, 0) is 85.2 Å². The van der Waals surface area contributed by atoms with Crippen LogP contribution in [0.15, 0.2) is 9.85 Å². The maximum Gasteiger partial charge on any atom is 0.170 e. The lowest BCUT2D eigenvalue weighted by molar-refractivity contribution is -0.0353. The molecule has 0 N–H and O–H groups in total. The van der Waals surface area contributed by atoms with Crippen molar-refractivity contribution < 1.29 is 4.79 Å². The molecule has 102 valence electrons. The van der Waals surface area contributed by atoms with Crippen LogP contribution in [0, 0.1) is 30.1 Å². The molecule has 0 spiro atoms. The third kappa shape index (κ3) is 1.88. The number of ketones is 1. The summed E-state index contributed by atoms with van der Waals surface area (Å²) in [6.07, 6.45) is 7.72. The second-order valence-corrected chi connectivity index (χ2v) is 9.68. The van der Waals surface area contributed by atoms with Crippen molar-refractivity contribution in [2.75, 3.05) is 0 Å². The number of halogens is 1. The van der Waals surface area contributed by atoms with E-state index in [9.17, 15) is 4.79 Å². The highest BCUT2D eigenvalue weighted by Gasteiger charge is 2.54. The van der Waals surface area contributed by atoms with Gasteiger partial charge in [-0.1, -0.05) is 0 Å². The van der Waals surface area contributed by atoms with Crippen LogP contribution >= 0.6 is 27.3 Å². The first-order valence-corrected chi connectivity index (χ1v) is 8.97. The number of aryl methyl sites for hydroxylation is 1. The van der Waals surface area contributed by atoms with Crippen molar-refractivity contribution in [3.63, 3.8) is 0 Å². The maximum absolute atomic E-state index is 13.1. The first-order valence-electron chi connectivity index (χ1n) is 7.36. The Morgan fingerprint density at radius 1 is 1.21 bits per heavy atom. The van der Waals surface area contributed by atoms with E-state index in [1.54, 1.807) is 11.3 Å². The zero-order chi connectivity index (χ0) is 13.2. The van der Waals surface area contributed by atoms with E-state index < -0.39 is 0 Å². The highest BCUT2D eigenvalue weighted by Crippen LogP contribution is 2.61. The van der Waals surface area contributed by atoms with Gasteiger partial charge in [0.1, 0.15) is 0 Å². The lowest BCUT2D eigenvalue weighted by atomic mass is 9.48. The molecule has 1 aromatic heterocycles. The van der Waals surface area contributed by atoms with Gasteiger partial charge < -0.3 is 0 Å². The van der Waals surface area contributed by atoms with Crippen LogP contribution in [0.2, 0.25) is 0 Å². The van der Waals surface area contributed by atoms with Crippen molar-refractivity contribution in [1.82, 2.24) is 0 Å². The lowest BCUT2D eigenvalue weighted by Gasteiger charge is -2.55. The van der Waals surface area contributed by atoms with Gasteiger partial charge in [0.2, 0.25) is 0 Å².